The molecule has 1 fully saturated rings. The van der Waals surface area contributed by atoms with Crippen LogP contribution in [0.3, 0.4) is 0 Å². The quantitative estimate of drug-likeness (QED) is 0.828. The number of likely N-dealkylation sites (N-methyl/N-ethyl adjacent to an activating group) is 1. The molecule has 0 radical (unpaired) electrons. The number of nitrogens with zero attached hydrogens (tertiary/aromatic N) is 2. The van der Waals surface area contributed by atoms with Crippen molar-refractivity contribution in [1.82, 2.24) is 4.98 Å². The summed E-state index contributed by atoms with van der Waals surface area (Å²) in [5.74, 6) is -0.0291. The second kappa shape index (κ2) is 5.06. The number of aliphatic hydroxyl groups is 1. The van der Waals surface area contributed by atoms with Crippen LogP contribution in [0.2, 0.25) is 0 Å². The van der Waals surface area contributed by atoms with Gasteiger partial charge in [0.1, 0.15) is 5.69 Å². The van der Waals surface area contributed by atoms with Gasteiger partial charge in [-0.1, -0.05) is 12.8 Å². The Bertz CT molecular complexity index is 422. The number of rotatable bonds is 4. The van der Waals surface area contributed by atoms with Crippen LogP contribution >= 0.6 is 0 Å². The van der Waals surface area contributed by atoms with Crippen LogP contribution in [0.5, 0.6) is 0 Å². The predicted octanol–water partition coefficient (Wildman–Crippen LogP) is 2.03. The van der Waals surface area contributed by atoms with E-state index in [0.717, 1.165) is 31.4 Å². The summed E-state index contributed by atoms with van der Waals surface area (Å²) in [5.41, 5.74) is 0.848. The number of carbonyl (C=O) groups is 1. The summed E-state index contributed by atoms with van der Waals surface area (Å²) in [6.45, 7) is 2.13. The Hall–Kier alpha value is -1.42. The molecular weight excluding hydrogens is 228 g/mol. The van der Waals surface area contributed by atoms with E-state index in [-0.39, 0.29) is 5.78 Å². The highest BCUT2D eigenvalue weighted by Gasteiger charge is 2.32. The van der Waals surface area contributed by atoms with Crippen LogP contribution in [0, 0.1) is 0 Å². The van der Waals surface area contributed by atoms with Crippen LogP contribution in [0.15, 0.2) is 18.3 Å². The molecule has 1 heterocycles. The third kappa shape index (κ3) is 2.88. The largest absolute Gasteiger partial charge is 0.388 e. The molecule has 18 heavy (non-hydrogen) atoms. The summed E-state index contributed by atoms with van der Waals surface area (Å²) in [7, 11) is 1.95. The first-order valence-corrected chi connectivity index (χ1v) is 6.41. The number of hydrogen-bond acceptors (Lipinski definition) is 4. The molecule has 0 unspecified atom stereocenters. The molecule has 0 bridgehead atoms. The number of carbonyl (C=O) groups excluding carboxylic acids is 1. The fourth-order valence-electron chi connectivity index (χ4n) is 2.54. The molecule has 98 valence electrons. The summed E-state index contributed by atoms with van der Waals surface area (Å²) in [5, 5.41) is 10.3. The summed E-state index contributed by atoms with van der Waals surface area (Å²) in [6.07, 6.45) is 5.64. The lowest BCUT2D eigenvalue weighted by Crippen LogP contribution is -2.39. The minimum absolute atomic E-state index is 0.0291. The Morgan fingerprint density at radius 2 is 2.11 bits per heavy atom. The first kappa shape index (κ1) is 13.0. The van der Waals surface area contributed by atoms with Crippen molar-refractivity contribution in [3.8, 4) is 0 Å². The molecule has 4 nitrogen and oxygen atoms in total. The van der Waals surface area contributed by atoms with Crippen LogP contribution in [0.1, 0.15) is 43.1 Å². The van der Waals surface area contributed by atoms with E-state index >= 15 is 0 Å². The highest BCUT2D eigenvalue weighted by molar-refractivity contribution is 5.92. The van der Waals surface area contributed by atoms with Crippen LogP contribution in [0.25, 0.3) is 0 Å². The van der Waals surface area contributed by atoms with Gasteiger partial charge in [-0.3, -0.25) is 9.78 Å². The van der Waals surface area contributed by atoms with E-state index in [1.165, 1.54) is 6.92 Å². The molecule has 1 aromatic rings. The van der Waals surface area contributed by atoms with E-state index in [1.54, 1.807) is 12.3 Å². The third-order valence-electron chi connectivity index (χ3n) is 3.62. The first-order chi connectivity index (χ1) is 8.50. The number of aromatic nitrogens is 1. The molecule has 1 saturated carbocycles. The molecule has 1 aromatic heterocycles. The number of pyridine rings is 1. The fraction of sp³-hybridized carbons (Fsp3) is 0.571. The van der Waals surface area contributed by atoms with Gasteiger partial charge in [-0.25, -0.2) is 0 Å². The molecule has 2 rings (SSSR count). The number of anilines is 1. The molecular formula is C14H20N2O2. The van der Waals surface area contributed by atoms with Gasteiger partial charge in [-0.2, -0.15) is 0 Å². The van der Waals surface area contributed by atoms with Crippen molar-refractivity contribution in [2.75, 3.05) is 18.5 Å². The first-order valence-electron chi connectivity index (χ1n) is 6.41. The molecule has 1 aliphatic carbocycles. The topological polar surface area (TPSA) is 53.4 Å². The van der Waals surface area contributed by atoms with Crippen LogP contribution in [-0.4, -0.2) is 35.1 Å². The van der Waals surface area contributed by atoms with Gasteiger partial charge in [0, 0.05) is 20.5 Å². The average Bonchev–Trinajstić information content (AvgIpc) is 2.76. The Balaban J connectivity index is 2.04. The monoisotopic (exact) mass is 248 g/mol. The lowest BCUT2D eigenvalue weighted by Gasteiger charge is -2.29. The standard InChI is InChI=1S/C14H20N2O2/c1-11(17)13-6-5-12(9-15-13)16(2)10-14(18)7-3-4-8-14/h5-6,9,18H,3-4,7-8,10H2,1-2H3. The summed E-state index contributed by atoms with van der Waals surface area (Å²) in [6, 6.07) is 3.61. The second-order valence-electron chi connectivity index (χ2n) is 5.25. The molecule has 0 atom stereocenters. The van der Waals surface area contributed by atoms with E-state index < -0.39 is 5.60 Å². The van der Waals surface area contributed by atoms with Gasteiger partial charge >= 0.3 is 0 Å². The van der Waals surface area contributed by atoms with E-state index in [0.29, 0.717) is 12.2 Å². The van der Waals surface area contributed by atoms with Crippen molar-refractivity contribution in [2.24, 2.45) is 0 Å². The van der Waals surface area contributed by atoms with E-state index in [1.807, 2.05) is 18.0 Å². The smallest absolute Gasteiger partial charge is 0.178 e. The van der Waals surface area contributed by atoms with Gasteiger partial charge in [0.2, 0.25) is 0 Å². The van der Waals surface area contributed by atoms with Crippen LogP contribution < -0.4 is 4.90 Å². The highest BCUT2D eigenvalue weighted by atomic mass is 16.3. The molecule has 0 amide bonds. The SMILES string of the molecule is CC(=O)c1ccc(N(C)CC2(O)CCCC2)cn1. The normalized spacial score (nSPS) is 17.7. The fourth-order valence-corrected chi connectivity index (χ4v) is 2.54. The minimum Gasteiger partial charge on any atom is -0.388 e. The van der Waals surface area contributed by atoms with Crippen molar-refractivity contribution in [3.63, 3.8) is 0 Å². The van der Waals surface area contributed by atoms with E-state index in [2.05, 4.69) is 4.98 Å². The summed E-state index contributed by atoms with van der Waals surface area (Å²) in [4.78, 5) is 17.3. The van der Waals surface area contributed by atoms with Crippen molar-refractivity contribution in [2.45, 2.75) is 38.2 Å². The van der Waals surface area contributed by atoms with Gasteiger partial charge < -0.3 is 10.0 Å². The summed E-state index contributed by atoms with van der Waals surface area (Å²) >= 11 is 0. The van der Waals surface area contributed by atoms with E-state index in [9.17, 15) is 9.90 Å². The Labute approximate surface area is 108 Å². The van der Waals surface area contributed by atoms with Crippen molar-refractivity contribution >= 4 is 11.5 Å². The maximum atomic E-state index is 11.1. The molecule has 0 saturated heterocycles. The lowest BCUT2D eigenvalue weighted by molar-refractivity contribution is 0.0559. The number of hydrogen-bond donors (Lipinski definition) is 1. The van der Waals surface area contributed by atoms with Crippen molar-refractivity contribution in [1.29, 1.82) is 0 Å². The van der Waals surface area contributed by atoms with Gasteiger partial charge in [0.15, 0.2) is 5.78 Å². The average molecular weight is 248 g/mol. The highest BCUT2D eigenvalue weighted by Crippen LogP contribution is 2.30. The number of Topliss-reactive ketones (excluding diaryl/α,β-unsaturated/α-hetero) is 1. The Kier molecular flexibility index (Phi) is 3.66. The van der Waals surface area contributed by atoms with Crippen molar-refractivity contribution in [3.05, 3.63) is 24.0 Å². The van der Waals surface area contributed by atoms with Crippen LogP contribution in [0.4, 0.5) is 5.69 Å². The minimum atomic E-state index is -0.562. The Morgan fingerprint density at radius 1 is 1.44 bits per heavy atom. The van der Waals surface area contributed by atoms with Gasteiger partial charge in [-0.05, 0) is 25.0 Å². The predicted molar refractivity (Wildman–Crippen MR) is 70.9 cm³/mol. The second-order valence-corrected chi connectivity index (χ2v) is 5.25. The zero-order chi connectivity index (χ0) is 13.2. The lowest BCUT2D eigenvalue weighted by atomic mass is 10.0. The Morgan fingerprint density at radius 3 is 2.61 bits per heavy atom. The van der Waals surface area contributed by atoms with Gasteiger partial charge in [0.05, 0.1) is 17.5 Å². The van der Waals surface area contributed by atoms with Crippen molar-refractivity contribution < 1.29 is 9.90 Å². The maximum absolute atomic E-state index is 11.1. The summed E-state index contributed by atoms with van der Waals surface area (Å²) < 4.78 is 0. The zero-order valence-corrected chi connectivity index (χ0v) is 11.0. The van der Waals surface area contributed by atoms with E-state index in [4.69, 9.17) is 0 Å². The molecule has 1 aliphatic rings. The molecule has 0 aromatic carbocycles. The molecule has 0 spiro atoms. The third-order valence-corrected chi connectivity index (χ3v) is 3.62. The molecule has 4 heteroatoms. The van der Waals surface area contributed by atoms with Crippen LogP contribution in [-0.2, 0) is 0 Å². The van der Waals surface area contributed by atoms with Gasteiger partial charge in [-0.15, -0.1) is 0 Å². The molecule has 1 N–H and O–H groups in total. The maximum Gasteiger partial charge on any atom is 0.178 e. The van der Waals surface area contributed by atoms with Gasteiger partial charge in [0.25, 0.3) is 0 Å². The zero-order valence-electron chi connectivity index (χ0n) is 11.0. The number of ketones is 1. The molecule has 0 aliphatic heterocycles.